The molecule has 0 N–H and O–H groups in total. The van der Waals surface area contributed by atoms with Gasteiger partial charge in [0.25, 0.3) is 5.91 Å². The molecule has 26 heavy (non-hydrogen) atoms. The van der Waals surface area contributed by atoms with Crippen molar-refractivity contribution in [1.29, 1.82) is 0 Å². The lowest BCUT2D eigenvalue weighted by Gasteiger charge is -2.58. The first kappa shape index (κ1) is 18.0. The number of rotatable bonds is 4. The molecule has 4 bridgehead atoms. The van der Waals surface area contributed by atoms with Crippen LogP contribution in [0.2, 0.25) is 0 Å². The molecule has 4 saturated carbocycles. The molecule has 4 fully saturated rings. The van der Waals surface area contributed by atoms with E-state index in [0.717, 1.165) is 24.9 Å². The van der Waals surface area contributed by atoms with Gasteiger partial charge in [-0.1, -0.05) is 34.1 Å². The van der Waals surface area contributed by atoms with Crippen LogP contribution in [0.3, 0.4) is 0 Å². The summed E-state index contributed by atoms with van der Waals surface area (Å²) in [7, 11) is 1.72. The Morgan fingerprint density at radius 2 is 1.77 bits per heavy atom. The number of likely N-dealkylation sites (N-methyl/N-ethyl adjacent to an activating group) is 1. The minimum absolute atomic E-state index is 0.101. The van der Waals surface area contributed by atoms with E-state index in [2.05, 4.69) is 15.9 Å². The minimum Gasteiger partial charge on any atom is -0.452 e. The summed E-state index contributed by atoms with van der Waals surface area (Å²) in [5, 5.41) is 0. The average Bonchev–Trinajstić information content (AvgIpc) is 2.59. The summed E-state index contributed by atoms with van der Waals surface area (Å²) in [4.78, 5) is 27.4. The molecule has 1 aromatic carbocycles. The van der Waals surface area contributed by atoms with E-state index >= 15 is 0 Å². The zero-order valence-corrected chi connectivity index (χ0v) is 17.0. The van der Waals surface area contributed by atoms with E-state index in [4.69, 9.17) is 4.74 Å². The number of carbonyl (C=O) groups excluding carboxylic acids is 2. The smallest absolute Gasteiger partial charge is 0.312 e. The van der Waals surface area contributed by atoms with Crippen LogP contribution < -0.4 is 4.90 Å². The maximum Gasteiger partial charge on any atom is 0.312 e. The number of halogens is 1. The molecule has 4 aliphatic rings. The van der Waals surface area contributed by atoms with Crippen LogP contribution in [-0.4, -0.2) is 29.4 Å². The summed E-state index contributed by atoms with van der Waals surface area (Å²) in [5.74, 6) is 0.864. The number of alkyl halides is 1. The van der Waals surface area contributed by atoms with Crippen molar-refractivity contribution in [3.05, 3.63) is 30.3 Å². The van der Waals surface area contributed by atoms with E-state index < -0.39 is 11.5 Å². The van der Waals surface area contributed by atoms with Gasteiger partial charge in [-0.05, 0) is 69.4 Å². The number of benzene rings is 1. The molecule has 0 aromatic heterocycles. The SMILES string of the molecule is C[C@H](OC(=O)C12C[C@@H]3C[C@@H](CC(Br)(C3)C1)C2)C(=O)N(C)c1ccccc1. The van der Waals surface area contributed by atoms with Crippen molar-refractivity contribution in [3.8, 4) is 0 Å². The molecule has 4 aliphatic carbocycles. The van der Waals surface area contributed by atoms with Crippen LogP contribution in [-0.2, 0) is 14.3 Å². The first-order valence-electron chi connectivity index (χ1n) is 9.53. The van der Waals surface area contributed by atoms with Crippen molar-refractivity contribution in [2.75, 3.05) is 11.9 Å². The summed E-state index contributed by atoms with van der Waals surface area (Å²) in [6.45, 7) is 1.68. The van der Waals surface area contributed by atoms with Gasteiger partial charge in [-0.25, -0.2) is 0 Å². The van der Waals surface area contributed by atoms with Crippen molar-refractivity contribution in [3.63, 3.8) is 0 Å². The zero-order valence-electron chi connectivity index (χ0n) is 15.4. The third kappa shape index (κ3) is 3.08. The molecule has 2 unspecified atom stereocenters. The van der Waals surface area contributed by atoms with Gasteiger partial charge in [0.2, 0.25) is 0 Å². The first-order valence-corrected chi connectivity index (χ1v) is 10.3. The number of esters is 1. The second-order valence-electron chi connectivity index (χ2n) is 8.67. The van der Waals surface area contributed by atoms with Gasteiger partial charge in [-0.3, -0.25) is 9.59 Å². The molecule has 0 heterocycles. The van der Waals surface area contributed by atoms with Gasteiger partial charge in [0.1, 0.15) is 0 Å². The maximum absolute atomic E-state index is 13.1. The van der Waals surface area contributed by atoms with E-state index in [0.29, 0.717) is 11.8 Å². The minimum atomic E-state index is -0.771. The van der Waals surface area contributed by atoms with Gasteiger partial charge in [0.05, 0.1) is 5.41 Å². The third-order valence-electron chi connectivity index (χ3n) is 6.53. The molecule has 1 aromatic rings. The van der Waals surface area contributed by atoms with Crippen molar-refractivity contribution in [2.24, 2.45) is 17.3 Å². The fourth-order valence-electron chi connectivity index (χ4n) is 5.78. The Labute approximate surface area is 163 Å². The van der Waals surface area contributed by atoms with Crippen LogP contribution in [0.25, 0.3) is 0 Å². The highest BCUT2D eigenvalue weighted by molar-refractivity contribution is 9.10. The van der Waals surface area contributed by atoms with Gasteiger partial charge >= 0.3 is 5.97 Å². The molecule has 5 heteroatoms. The Morgan fingerprint density at radius 3 is 2.35 bits per heavy atom. The number of amides is 1. The maximum atomic E-state index is 13.1. The molecule has 4 nitrogen and oxygen atoms in total. The summed E-state index contributed by atoms with van der Waals surface area (Å²) >= 11 is 3.93. The fourth-order valence-corrected chi connectivity index (χ4v) is 7.23. The Morgan fingerprint density at radius 1 is 1.15 bits per heavy atom. The monoisotopic (exact) mass is 419 g/mol. The van der Waals surface area contributed by atoms with Crippen LogP contribution >= 0.6 is 15.9 Å². The van der Waals surface area contributed by atoms with E-state index in [9.17, 15) is 9.59 Å². The molecule has 1 amide bonds. The quantitative estimate of drug-likeness (QED) is 0.539. The highest BCUT2D eigenvalue weighted by atomic mass is 79.9. The first-order chi connectivity index (χ1) is 12.3. The summed E-state index contributed by atoms with van der Waals surface area (Å²) in [6.07, 6.45) is 5.51. The number of hydrogen-bond donors (Lipinski definition) is 0. The highest BCUT2D eigenvalue weighted by Crippen LogP contribution is 2.64. The average molecular weight is 420 g/mol. The van der Waals surface area contributed by atoms with Crippen molar-refractivity contribution < 1.29 is 14.3 Å². The van der Waals surface area contributed by atoms with Crippen LogP contribution in [0.15, 0.2) is 30.3 Å². The van der Waals surface area contributed by atoms with E-state index in [1.165, 1.54) is 19.3 Å². The predicted molar refractivity (Wildman–Crippen MR) is 104 cm³/mol. The lowest BCUT2D eigenvalue weighted by atomic mass is 9.49. The molecule has 0 spiro atoms. The van der Waals surface area contributed by atoms with Gasteiger partial charge in [0, 0.05) is 17.1 Å². The molecular formula is C21H26BrNO3. The van der Waals surface area contributed by atoms with Crippen LogP contribution in [0, 0.1) is 17.3 Å². The summed E-state index contributed by atoms with van der Waals surface area (Å²) in [5.41, 5.74) is 0.405. The van der Waals surface area contributed by atoms with Crippen molar-refractivity contribution in [2.45, 2.75) is 55.9 Å². The molecule has 0 radical (unpaired) electrons. The topological polar surface area (TPSA) is 46.6 Å². The predicted octanol–water partition coefficient (Wildman–Crippen LogP) is 4.32. The summed E-state index contributed by atoms with van der Waals surface area (Å²) < 4.78 is 5.84. The number of anilines is 1. The Balaban J connectivity index is 1.45. The highest BCUT2D eigenvalue weighted by Gasteiger charge is 2.60. The molecule has 140 valence electrons. The standard InChI is InChI=1S/C21H26BrNO3/c1-14(18(24)23(2)17-6-4-3-5-7-17)26-19(25)20-9-15-8-16(10-20)12-21(22,11-15)13-20/h3-7,14-16H,8-13H2,1-2H3/t14-,15-,16+,20?,21?/m0/s1. The van der Waals surface area contributed by atoms with E-state index in [1.807, 2.05) is 30.3 Å². The van der Waals surface area contributed by atoms with Gasteiger partial charge in [0.15, 0.2) is 6.10 Å². The van der Waals surface area contributed by atoms with Crippen molar-refractivity contribution in [1.82, 2.24) is 0 Å². The fraction of sp³-hybridized carbons (Fsp3) is 0.619. The zero-order chi connectivity index (χ0) is 18.5. The van der Waals surface area contributed by atoms with Gasteiger partial charge in [-0.15, -0.1) is 0 Å². The second-order valence-corrected chi connectivity index (χ2v) is 10.4. The Hall–Kier alpha value is -1.36. The molecule has 0 saturated heterocycles. The largest absolute Gasteiger partial charge is 0.452 e. The van der Waals surface area contributed by atoms with Crippen LogP contribution in [0.1, 0.15) is 45.4 Å². The van der Waals surface area contributed by atoms with Crippen LogP contribution in [0.4, 0.5) is 5.69 Å². The molecule has 5 rings (SSSR count). The second kappa shape index (κ2) is 6.36. The molecule has 5 atom stereocenters. The normalized spacial score (nSPS) is 35.8. The number of nitrogens with zero attached hydrogens (tertiary/aromatic N) is 1. The lowest BCUT2D eigenvalue weighted by Crippen LogP contribution is -2.56. The van der Waals surface area contributed by atoms with Crippen LogP contribution in [0.5, 0.6) is 0 Å². The van der Waals surface area contributed by atoms with Crippen molar-refractivity contribution >= 4 is 33.5 Å². The lowest BCUT2D eigenvalue weighted by molar-refractivity contribution is -0.176. The molecular weight excluding hydrogens is 394 g/mol. The van der Waals surface area contributed by atoms with Gasteiger partial charge in [-0.2, -0.15) is 0 Å². The number of hydrogen-bond acceptors (Lipinski definition) is 3. The number of para-hydroxylation sites is 1. The Kier molecular flexibility index (Phi) is 4.41. The Bertz CT molecular complexity index is 705. The molecule has 0 aliphatic heterocycles. The third-order valence-corrected chi connectivity index (χ3v) is 7.46. The van der Waals surface area contributed by atoms with E-state index in [1.54, 1.807) is 18.9 Å². The number of ether oxygens (including phenoxy) is 1. The van der Waals surface area contributed by atoms with E-state index in [-0.39, 0.29) is 16.2 Å². The number of carbonyl (C=O) groups is 2. The summed E-state index contributed by atoms with van der Waals surface area (Å²) in [6, 6.07) is 9.44. The van der Waals surface area contributed by atoms with Gasteiger partial charge < -0.3 is 9.64 Å².